The van der Waals surface area contributed by atoms with Gasteiger partial charge in [0.1, 0.15) is 0 Å². The van der Waals surface area contributed by atoms with Crippen LogP contribution in [0.4, 0.5) is 0 Å². The fourth-order valence-electron chi connectivity index (χ4n) is 3.23. The zero-order valence-electron chi connectivity index (χ0n) is 7.63. The van der Waals surface area contributed by atoms with Crippen LogP contribution in [0.25, 0.3) is 0 Å². The number of H-pyrrole nitrogens is 1. The Morgan fingerprint density at radius 2 is 2.15 bits per heavy atom. The molecule has 3 aliphatic rings. The number of nitrogens with zero attached hydrogens (tertiary/aromatic N) is 1. The number of aromatic nitrogens is 2. The van der Waals surface area contributed by atoms with Crippen molar-refractivity contribution in [1.29, 1.82) is 0 Å². The summed E-state index contributed by atoms with van der Waals surface area (Å²) in [5.41, 5.74) is 1.83. The van der Waals surface area contributed by atoms with Crippen molar-refractivity contribution in [2.24, 2.45) is 5.41 Å². The molecule has 3 aliphatic carbocycles. The fraction of sp³-hybridized carbons (Fsp3) is 0.600. The van der Waals surface area contributed by atoms with Gasteiger partial charge in [-0.05, 0) is 24.7 Å². The number of hydrogen-bond donors (Lipinski definition) is 1. The van der Waals surface area contributed by atoms with Crippen LogP contribution in [0.5, 0.6) is 0 Å². The fourth-order valence-corrected chi connectivity index (χ4v) is 3.23. The summed E-state index contributed by atoms with van der Waals surface area (Å²) in [6, 6.07) is 1.65. The van der Waals surface area contributed by atoms with Gasteiger partial charge in [-0.1, -0.05) is 6.92 Å². The van der Waals surface area contributed by atoms with E-state index in [1.165, 1.54) is 25.6 Å². The van der Waals surface area contributed by atoms with E-state index in [1.54, 1.807) is 6.07 Å². The second-order valence-corrected chi connectivity index (χ2v) is 4.92. The van der Waals surface area contributed by atoms with Gasteiger partial charge in [0.2, 0.25) is 0 Å². The van der Waals surface area contributed by atoms with Crippen molar-refractivity contribution in [3.05, 3.63) is 28.4 Å². The predicted octanol–water partition coefficient (Wildman–Crippen LogP) is 1.21. The summed E-state index contributed by atoms with van der Waals surface area (Å²) >= 11 is 0. The molecule has 3 heteroatoms. The molecule has 13 heavy (non-hydrogen) atoms. The summed E-state index contributed by atoms with van der Waals surface area (Å²) < 4.78 is 0. The van der Waals surface area contributed by atoms with Crippen molar-refractivity contribution < 1.29 is 0 Å². The van der Waals surface area contributed by atoms with Crippen LogP contribution < -0.4 is 5.56 Å². The molecule has 0 atom stereocenters. The van der Waals surface area contributed by atoms with Crippen molar-refractivity contribution in [2.45, 2.75) is 31.6 Å². The van der Waals surface area contributed by atoms with Crippen molar-refractivity contribution in [3.63, 3.8) is 0 Å². The first kappa shape index (κ1) is 7.30. The second kappa shape index (κ2) is 1.86. The van der Waals surface area contributed by atoms with Crippen LogP contribution >= 0.6 is 0 Å². The lowest BCUT2D eigenvalue weighted by molar-refractivity contribution is -0.128. The van der Waals surface area contributed by atoms with E-state index in [4.69, 9.17) is 0 Å². The zero-order valence-corrected chi connectivity index (χ0v) is 7.63. The van der Waals surface area contributed by atoms with E-state index < -0.39 is 0 Å². The Kier molecular flexibility index (Phi) is 1.05. The monoisotopic (exact) mass is 176 g/mol. The Balaban J connectivity index is 1.99. The molecule has 1 aromatic heterocycles. The molecule has 0 radical (unpaired) electrons. The molecule has 2 bridgehead atoms. The molecule has 0 saturated heterocycles. The van der Waals surface area contributed by atoms with Gasteiger partial charge in [-0.15, -0.1) is 0 Å². The average molecular weight is 176 g/mol. The van der Waals surface area contributed by atoms with Gasteiger partial charge in [0.25, 0.3) is 5.56 Å². The van der Waals surface area contributed by atoms with Gasteiger partial charge < -0.3 is 4.98 Å². The Morgan fingerprint density at radius 3 is 2.69 bits per heavy atom. The van der Waals surface area contributed by atoms with Crippen molar-refractivity contribution in [2.75, 3.05) is 0 Å². The SMILES string of the molecule is CC12CC(c3cc(=O)[nH]cn3)(C1)C2. The summed E-state index contributed by atoms with van der Waals surface area (Å²) in [5, 5.41) is 0. The van der Waals surface area contributed by atoms with Gasteiger partial charge in [0, 0.05) is 11.5 Å². The number of rotatable bonds is 1. The highest BCUT2D eigenvalue weighted by atomic mass is 16.1. The van der Waals surface area contributed by atoms with Crippen LogP contribution in [0.15, 0.2) is 17.2 Å². The first-order valence-corrected chi connectivity index (χ1v) is 4.67. The smallest absolute Gasteiger partial charge is 0.250 e. The number of aromatic amines is 1. The Hall–Kier alpha value is -1.12. The minimum Gasteiger partial charge on any atom is -0.313 e. The van der Waals surface area contributed by atoms with Crippen LogP contribution in [0.2, 0.25) is 0 Å². The van der Waals surface area contributed by atoms with Gasteiger partial charge in [0.15, 0.2) is 0 Å². The molecule has 68 valence electrons. The van der Waals surface area contributed by atoms with Gasteiger partial charge in [0.05, 0.1) is 12.0 Å². The van der Waals surface area contributed by atoms with Crippen LogP contribution in [-0.4, -0.2) is 9.97 Å². The summed E-state index contributed by atoms with van der Waals surface area (Å²) in [7, 11) is 0. The van der Waals surface area contributed by atoms with Gasteiger partial charge in [-0.25, -0.2) is 4.98 Å². The van der Waals surface area contributed by atoms with E-state index in [9.17, 15) is 4.79 Å². The van der Waals surface area contributed by atoms with E-state index in [1.807, 2.05) is 0 Å². The van der Waals surface area contributed by atoms with E-state index in [0.29, 0.717) is 5.41 Å². The minimum atomic E-state index is -0.0279. The molecule has 4 rings (SSSR count). The molecule has 1 N–H and O–H groups in total. The standard InChI is InChI=1S/C10H12N2O/c1-9-3-10(4-9,5-9)7-2-8(13)12-6-11-7/h2,6H,3-5H2,1H3,(H,11,12,13). The molecular formula is C10H12N2O. The van der Waals surface area contributed by atoms with Gasteiger partial charge in [-0.2, -0.15) is 0 Å². The Bertz CT molecular complexity index is 401. The van der Waals surface area contributed by atoms with E-state index in [2.05, 4.69) is 16.9 Å². The maximum atomic E-state index is 11.1. The molecule has 3 saturated carbocycles. The molecule has 0 spiro atoms. The number of hydrogen-bond acceptors (Lipinski definition) is 2. The first-order chi connectivity index (χ1) is 6.12. The van der Waals surface area contributed by atoms with E-state index in [0.717, 1.165) is 5.69 Å². The topological polar surface area (TPSA) is 45.8 Å². The zero-order chi connectivity index (χ0) is 9.10. The number of nitrogens with one attached hydrogen (secondary N) is 1. The molecule has 0 aromatic carbocycles. The first-order valence-electron chi connectivity index (χ1n) is 4.67. The summed E-state index contributed by atoms with van der Waals surface area (Å²) in [4.78, 5) is 17.9. The largest absolute Gasteiger partial charge is 0.313 e. The summed E-state index contributed by atoms with van der Waals surface area (Å²) in [5.74, 6) is 0. The molecule has 0 amide bonds. The molecule has 1 aromatic rings. The lowest BCUT2D eigenvalue weighted by Gasteiger charge is -2.69. The van der Waals surface area contributed by atoms with Crippen molar-refractivity contribution >= 4 is 0 Å². The van der Waals surface area contributed by atoms with Gasteiger partial charge >= 0.3 is 0 Å². The highest BCUT2D eigenvalue weighted by Crippen LogP contribution is 2.72. The third kappa shape index (κ3) is 0.794. The van der Waals surface area contributed by atoms with Crippen molar-refractivity contribution in [1.82, 2.24) is 9.97 Å². The lowest BCUT2D eigenvalue weighted by Crippen LogP contribution is -2.63. The molecule has 1 heterocycles. The normalized spacial score (nSPS) is 40.7. The van der Waals surface area contributed by atoms with Gasteiger partial charge in [-0.3, -0.25) is 4.79 Å². The van der Waals surface area contributed by atoms with Crippen LogP contribution in [0.3, 0.4) is 0 Å². The molecule has 3 fully saturated rings. The minimum absolute atomic E-state index is 0.0279. The molecular weight excluding hydrogens is 164 g/mol. The second-order valence-electron chi connectivity index (χ2n) is 4.92. The van der Waals surface area contributed by atoms with Crippen molar-refractivity contribution in [3.8, 4) is 0 Å². The van der Waals surface area contributed by atoms with Crippen LogP contribution in [0, 0.1) is 5.41 Å². The third-order valence-corrected chi connectivity index (χ3v) is 3.52. The summed E-state index contributed by atoms with van der Waals surface area (Å²) in [6.45, 7) is 2.31. The van der Waals surface area contributed by atoms with Crippen LogP contribution in [-0.2, 0) is 5.41 Å². The lowest BCUT2D eigenvalue weighted by atomic mass is 9.35. The summed E-state index contributed by atoms with van der Waals surface area (Å²) in [6.07, 6.45) is 5.17. The quantitative estimate of drug-likeness (QED) is 0.699. The van der Waals surface area contributed by atoms with E-state index in [-0.39, 0.29) is 11.0 Å². The maximum Gasteiger partial charge on any atom is 0.250 e. The van der Waals surface area contributed by atoms with E-state index >= 15 is 0 Å². The Morgan fingerprint density at radius 1 is 1.46 bits per heavy atom. The Labute approximate surface area is 76.2 Å². The maximum absolute atomic E-state index is 11.1. The molecule has 0 aliphatic heterocycles. The highest BCUT2D eigenvalue weighted by molar-refractivity contribution is 5.32. The predicted molar refractivity (Wildman–Crippen MR) is 48.5 cm³/mol. The molecule has 0 unspecified atom stereocenters. The highest BCUT2D eigenvalue weighted by Gasteiger charge is 2.66. The third-order valence-electron chi connectivity index (χ3n) is 3.52. The average Bonchev–Trinajstić information content (AvgIpc) is 1.97. The molecule has 3 nitrogen and oxygen atoms in total. The van der Waals surface area contributed by atoms with Crippen LogP contribution in [0.1, 0.15) is 31.9 Å².